The number of ketones is 1. The van der Waals surface area contributed by atoms with Gasteiger partial charge >= 0.3 is 5.97 Å². The third-order valence-electron chi connectivity index (χ3n) is 3.65. The number of rotatable bonds is 4. The van der Waals surface area contributed by atoms with Crippen molar-refractivity contribution in [3.8, 4) is 0 Å². The second kappa shape index (κ2) is 6.32. The standard InChI is InChI=1S/C15H17NO4/c17-13(10-4-2-1-3-5-10)14(18)16-12-8-6-11(7-9-12)15(19)20/h1-5,11-12H,6-9H2,(H,16,18)(H,19,20)/t11-,12-. The Bertz CT molecular complexity index is 504. The Kier molecular flexibility index (Phi) is 4.50. The Labute approximate surface area is 117 Å². The van der Waals surface area contributed by atoms with Crippen LogP contribution < -0.4 is 5.32 Å². The first kappa shape index (κ1) is 14.2. The smallest absolute Gasteiger partial charge is 0.306 e. The molecule has 5 heteroatoms. The highest BCUT2D eigenvalue weighted by Gasteiger charge is 2.28. The molecule has 0 atom stereocenters. The van der Waals surface area contributed by atoms with E-state index in [-0.39, 0.29) is 12.0 Å². The van der Waals surface area contributed by atoms with E-state index in [2.05, 4.69) is 5.32 Å². The minimum atomic E-state index is -0.782. The van der Waals surface area contributed by atoms with Crippen molar-refractivity contribution >= 4 is 17.7 Å². The van der Waals surface area contributed by atoms with Crippen LogP contribution in [-0.2, 0) is 9.59 Å². The maximum atomic E-state index is 11.9. The van der Waals surface area contributed by atoms with Crippen molar-refractivity contribution in [2.24, 2.45) is 5.92 Å². The van der Waals surface area contributed by atoms with E-state index in [1.54, 1.807) is 30.3 Å². The van der Waals surface area contributed by atoms with Gasteiger partial charge in [-0.25, -0.2) is 0 Å². The number of carboxylic acid groups (broad SMARTS) is 1. The molecule has 1 saturated carbocycles. The van der Waals surface area contributed by atoms with Crippen LogP contribution in [0, 0.1) is 5.92 Å². The molecule has 1 fully saturated rings. The quantitative estimate of drug-likeness (QED) is 0.646. The maximum Gasteiger partial charge on any atom is 0.306 e. The average Bonchev–Trinajstić information content (AvgIpc) is 2.48. The van der Waals surface area contributed by atoms with E-state index in [9.17, 15) is 14.4 Å². The van der Waals surface area contributed by atoms with Crippen molar-refractivity contribution in [1.29, 1.82) is 0 Å². The van der Waals surface area contributed by atoms with E-state index in [0.29, 0.717) is 31.2 Å². The molecule has 0 radical (unpaired) electrons. The minimum absolute atomic E-state index is 0.106. The predicted molar refractivity (Wildman–Crippen MR) is 72.3 cm³/mol. The summed E-state index contributed by atoms with van der Waals surface area (Å²) >= 11 is 0. The Balaban J connectivity index is 1.87. The predicted octanol–water partition coefficient (Wildman–Crippen LogP) is 1.63. The molecular formula is C15H17NO4. The van der Waals surface area contributed by atoms with E-state index in [1.807, 2.05) is 0 Å². The molecule has 0 unspecified atom stereocenters. The van der Waals surface area contributed by atoms with E-state index < -0.39 is 17.7 Å². The van der Waals surface area contributed by atoms with Gasteiger partial charge in [-0.15, -0.1) is 0 Å². The number of amides is 1. The molecule has 0 saturated heterocycles. The molecule has 0 aromatic heterocycles. The third-order valence-corrected chi connectivity index (χ3v) is 3.65. The molecule has 5 nitrogen and oxygen atoms in total. The third kappa shape index (κ3) is 3.44. The SMILES string of the molecule is O=C(N[C@H]1CC[C@H](C(=O)O)CC1)C(=O)c1ccccc1. The summed E-state index contributed by atoms with van der Waals surface area (Å²) in [6.07, 6.45) is 2.29. The number of Topliss-reactive ketones (excluding diaryl/α,β-unsaturated/α-hetero) is 1. The molecule has 2 N–H and O–H groups in total. The van der Waals surface area contributed by atoms with Gasteiger partial charge in [0.05, 0.1) is 5.92 Å². The summed E-state index contributed by atoms with van der Waals surface area (Å²) in [7, 11) is 0. The second-order valence-electron chi connectivity index (χ2n) is 5.06. The van der Waals surface area contributed by atoms with Gasteiger partial charge in [0.15, 0.2) is 0 Å². The van der Waals surface area contributed by atoms with E-state index >= 15 is 0 Å². The Morgan fingerprint density at radius 2 is 1.60 bits per heavy atom. The fourth-order valence-electron chi connectivity index (χ4n) is 2.46. The molecule has 0 heterocycles. The molecular weight excluding hydrogens is 258 g/mol. The largest absolute Gasteiger partial charge is 0.481 e. The van der Waals surface area contributed by atoms with E-state index in [0.717, 1.165) is 0 Å². The number of carbonyl (C=O) groups is 3. The van der Waals surface area contributed by atoms with Gasteiger partial charge in [-0.05, 0) is 25.7 Å². The van der Waals surface area contributed by atoms with Crippen LogP contribution in [0.5, 0.6) is 0 Å². The average molecular weight is 275 g/mol. The lowest BCUT2D eigenvalue weighted by molar-refractivity contribution is -0.142. The first-order valence-corrected chi connectivity index (χ1v) is 6.71. The molecule has 0 aliphatic heterocycles. The van der Waals surface area contributed by atoms with Crippen molar-refractivity contribution in [2.45, 2.75) is 31.7 Å². The summed E-state index contributed by atoms with van der Waals surface area (Å²) in [5.74, 6) is -2.27. The summed E-state index contributed by atoms with van der Waals surface area (Å²) < 4.78 is 0. The van der Waals surface area contributed by atoms with Crippen LogP contribution in [0.1, 0.15) is 36.0 Å². The minimum Gasteiger partial charge on any atom is -0.481 e. The Hall–Kier alpha value is -2.17. The monoisotopic (exact) mass is 275 g/mol. The molecule has 1 aromatic rings. The molecule has 0 bridgehead atoms. The number of hydrogen-bond acceptors (Lipinski definition) is 3. The number of hydrogen-bond donors (Lipinski definition) is 2. The van der Waals surface area contributed by atoms with Gasteiger partial charge in [-0.3, -0.25) is 14.4 Å². The summed E-state index contributed by atoms with van der Waals surface area (Å²) in [5, 5.41) is 11.6. The number of nitrogens with one attached hydrogen (secondary N) is 1. The van der Waals surface area contributed by atoms with E-state index in [1.165, 1.54) is 0 Å². The molecule has 0 spiro atoms. The molecule has 106 valence electrons. The van der Waals surface area contributed by atoms with Crippen LogP contribution in [0.25, 0.3) is 0 Å². The van der Waals surface area contributed by atoms with Crippen LogP contribution in [-0.4, -0.2) is 28.8 Å². The first-order valence-electron chi connectivity index (χ1n) is 6.71. The van der Waals surface area contributed by atoms with Gasteiger partial charge < -0.3 is 10.4 Å². The van der Waals surface area contributed by atoms with Gasteiger partial charge in [0.25, 0.3) is 5.91 Å². The van der Waals surface area contributed by atoms with Crippen LogP contribution in [0.2, 0.25) is 0 Å². The zero-order valence-electron chi connectivity index (χ0n) is 11.0. The molecule has 1 amide bonds. The van der Waals surface area contributed by atoms with Crippen LogP contribution in [0.15, 0.2) is 30.3 Å². The maximum absolute atomic E-state index is 11.9. The zero-order chi connectivity index (χ0) is 14.5. The summed E-state index contributed by atoms with van der Waals surface area (Å²) in [5.41, 5.74) is 0.365. The number of benzene rings is 1. The highest BCUT2D eigenvalue weighted by Crippen LogP contribution is 2.24. The van der Waals surface area contributed by atoms with Crippen LogP contribution in [0.4, 0.5) is 0 Å². The van der Waals surface area contributed by atoms with Gasteiger partial charge in [0, 0.05) is 11.6 Å². The fraction of sp³-hybridized carbons (Fsp3) is 0.400. The zero-order valence-corrected chi connectivity index (χ0v) is 11.0. The van der Waals surface area contributed by atoms with Crippen molar-refractivity contribution in [1.82, 2.24) is 5.32 Å². The van der Waals surface area contributed by atoms with Crippen LogP contribution >= 0.6 is 0 Å². The number of carboxylic acids is 1. The summed E-state index contributed by atoms with van der Waals surface area (Å²) in [6, 6.07) is 8.29. The fourth-order valence-corrected chi connectivity index (χ4v) is 2.46. The number of aliphatic carboxylic acids is 1. The van der Waals surface area contributed by atoms with Crippen molar-refractivity contribution in [3.05, 3.63) is 35.9 Å². The molecule has 1 aliphatic rings. The van der Waals surface area contributed by atoms with Gasteiger partial charge in [-0.1, -0.05) is 30.3 Å². The van der Waals surface area contributed by atoms with Gasteiger partial charge in [0.1, 0.15) is 0 Å². The van der Waals surface area contributed by atoms with Crippen molar-refractivity contribution in [2.75, 3.05) is 0 Å². The number of carbonyl (C=O) groups excluding carboxylic acids is 2. The molecule has 2 rings (SSSR count). The molecule has 1 aliphatic carbocycles. The topological polar surface area (TPSA) is 83.5 Å². The molecule has 20 heavy (non-hydrogen) atoms. The lowest BCUT2D eigenvalue weighted by atomic mass is 9.86. The van der Waals surface area contributed by atoms with Crippen LogP contribution in [0.3, 0.4) is 0 Å². The first-order chi connectivity index (χ1) is 9.58. The highest BCUT2D eigenvalue weighted by atomic mass is 16.4. The normalized spacial score (nSPS) is 22.0. The lowest BCUT2D eigenvalue weighted by Crippen LogP contribution is -2.42. The Morgan fingerprint density at radius 1 is 1.00 bits per heavy atom. The lowest BCUT2D eigenvalue weighted by Gasteiger charge is -2.26. The van der Waals surface area contributed by atoms with Crippen molar-refractivity contribution in [3.63, 3.8) is 0 Å². The van der Waals surface area contributed by atoms with Gasteiger partial charge in [0.2, 0.25) is 5.78 Å². The van der Waals surface area contributed by atoms with Crippen molar-refractivity contribution < 1.29 is 19.5 Å². The Morgan fingerprint density at radius 3 is 2.15 bits per heavy atom. The molecule has 1 aromatic carbocycles. The summed E-state index contributed by atoms with van der Waals surface area (Å²) in [4.78, 5) is 34.6. The van der Waals surface area contributed by atoms with Gasteiger partial charge in [-0.2, -0.15) is 0 Å². The summed E-state index contributed by atoms with van der Waals surface area (Å²) in [6.45, 7) is 0. The van der Waals surface area contributed by atoms with E-state index in [4.69, 9.17) is 5.11 Å². The second-order valence-corrected chi connectivity index (χ2v) is 5.06. The highest BCUT2D eigenvalue weighted by molar-refractivity contribution is 6.42.